The van der Waals surface area contributed by atoms with Crippen LogP contribution in [-0.4, -0.2) is 16.7 Å². The summed E-state index contributed by atoms with van der Waals surface area (Å²) in [5.41, 5.74) is 9.17. The van der Waals surface area contributed by atoms with Gasteiger partial charge in [0.25, 0.3) is 0 Å². The summed E-state index contributed by atoms with van der Waals surface area (Å²) in [5.74, 6) is 0. The van der Waals surface area contributed by atoms with Crippen molar-refractivity contribution in [3.05, 3.63) is 34.3 Å². The van der Waals surface area contributed by atoms with E-state index in [0.29, 0.717) is 13.2 Å². The molecule has 0 atom stereocenters. The van der Waals surface area contributed by atoms with Gasteiger partial charge in [-0.1, -0.05) is 23.5 Å². The minimum atomic E-state index is 0.618. The molecule has 0 amide bonds. The van der Waals surface area contributed by atoms with Crippen molar-refractivity contribution in [2.75, 3.05) is 6.54 Å². The molecule has 5 heteroatoms. The summed E-state index contributed by atoms with van der Waals surface area (Å²) in [6.07, 6.45) is 0.797. The molecule has 0 unspecified atom stereocenters. The van der Waals surface area contributed by atoms with E-state index in [2.05, 4.69) is 28.4 Å². The van der Waals surface area contributed by atoms with Gasteiger partial charge in [-0.15, -0.1) is 10.2 Å². The zero-order valence-electron chi connectivity index (χ0n) is 9.35. The molecule has 0 saturated heterocycles. The molecular weight excluding hydrogens is 234 g/mol. The fraction of sp³-hybridized carbons (Fsp3) is 0.333. The van der Waals surface area contributed by atoms with Crippen LogP contribution in [0.3, 0.4) is 0 Å². The van der Waals surface area contributed by atoms with Crippen molar-refractivity contribution in [2.45, 2.75) is 19.6 Å². The fourth-order valence-electron chi connectivity index (χ4n) is 1.90. The molecule has 0 saturated carbocycles. The average molecular weight is 247 g/mol. The number of fused-ring (bicyclic) bond motifs is 1. The highest BCUT2D eigenvalue weighted by atomic mass is 32.1. The Morgan fingerprint density at radius 1 is 1.24 bits per heavy atom. The van der Waals surface area contributed by atoms with Gasteiger partial charge in [0.1, 0.15) is 10.0 Å². The summed E-state index contributed by atoms with van der Waals surface area (Å²) in [4.78, 5) is 0. The van der Waals surface area contributed by atoms with Crippen LogP contribution in [0.4, 0.5) is 0 Å². The summed E-state index contributed by atoms with van der Waals surface area (Å²) in [6, 6.07) is 6.34. The maximum atomic E-state index is 5.50. The zero-order chi connectivity index (χ0) is 11.7. The second kappa shape index (κ2) is 4.52. The number of rotatable bonds is 3. The SMILES string of the molecule is NCCc1nnc(-c2ccc3c(c2)COC3)s1. The number of nitrogens with two attached hydrogens (primary N) is 1. The lowest BCUT2D eigenvalue weighted by Gasteiger charge is -1.99. The van der Waals surface area contributed by atoms with E-state index < -0.39 is 0 Å². The van der Waals surface area contributed by atoms with Crippen LogP contribution < -0.4 is 5.73 Å². The second-order valence-corrected chi connectivity index (χ2v) is 5.08. The van der Waals surface area contributed by atoms with E-state index in [1.807, 2.05) is 0 Å². The largest absolute Gasteiger partial charge is 0.372 e. The topological polar surface area (TPSA) is 61.0 Å². The van der Waals surface area contributed by atoms with Crippen LogP contribution >= 0.6 is 11.3 Å². The second-order valence-electron chi connectivity index (χ2n) is 4.02. The van der Waals surface area contributed by atoms with Crippen LogP contribution in [0.1, 0.15) is 16.1 Å². The van der Waals surface area contributed by atoms with E-state index in [9.17, 15) is 0 Å². The molecule has 3 rings (SSSR count). The molecule has 1 aromatic heterocycles. The molecule has 1 aromatic carbocycles. The molecule has 0 bridgehead atoms. The smallest absolute Gasteiger partial charge is 0.147 e. The first-order valence-corrected chi connectivity index (χ1v) is 6.41. The number of aromatic nitrogens is 2. The third kappa shape index (κ3) is 2.09. The lowest BCUT2D eigenvalue weighted by molar-refractivity contribution is 0.134. The van der Waals surface area contributed by atoms with Gasteiger partial charge in [0.15, 0.2) is 0 Å². The number of benzene rings is 1. The molecule has 2 heterocycles. The Balaban J connectivity index is 1.92. The molecule has 2 N–H and O–H groups in total. The first-order valence-electron chi connectivity index (χ1n) is 5.59. The Bertz CT molecular complexity index is 538. The number of hydrogen-bond acceptors (Lipinski definition) is 5. The fourth-order valence-corrected chi connectivity index (χ4v) is 2.75. The monoisotopic (exact) mass is 247 g/mol. The van der Waals surface area contributed by atoms with Crippen LogP contribution in [0.2, 0.25) is 0 Å². The van der Waals surface area contributed by atoms with Gasteiger partial charge in [0.05, 0.1) is 13.2 Å². The van der Waals surface area contributed by atoms with Gasteiger partial charge < -0.3 is 10.5 Å². The maximum Gasteiger partial charge on any atom is 0.147 e. The first kappa shape index (κ1) is 10.8. The minimum Gasteiger partial charge on any atom is -0.372 e. The third-order valence-corrected chi connectivity index (χ3v) is 3.83. The summed E-state index contributed by atoms with van der Waals surface area (Å²) in [7, 11) is 0. The number of nitrogens with zero attached hydrogens (tertiary/aromatic N) is 2. The van der Waals surface area contributed by atoms with Gasteiger partial charge in [-0.05, 0) is 23.7 Å². The van der Waals surface area contributed by atoms with Gasteiger partial charge in [-0.3, -0.25) is 0 Å². The predicted octanol–water partition coefficient (Wildman–Crippen LogP) is 1.74. The van der Waals surface area contributed by atoms with Crippen LogP contribution in [0, 0.1) is 0 Å². The summed E-state index contributed by atoms with van der Waals surface area (Å²) in [6.45, 7) is 2.05. The zero-order valence-corrected chi connectivity index (χ0v) is 10.2. The average Bonchev–Trinajstić information content (AvgIpc) is 2.96. The third-order valence-electron chi connectivity index (χ3n) is 2.79. The van der Waals surface area contributed by atoms with Gasteiger partial charge in [0.2, 0.25) is 0 Å². The van der Waals surface area contributed by atoms with E-state index in [0.717, 1.165) is 28.6 Å². The van der Waals surface area contributed by atoms with Crippen LogP contribution in [0.5, 0.6) is 0 Å². The van der Waals surface area contributed by atoms with Crippen LogP contribution in [0.25, 0.3) is 10.6 Å². The number of hydrogen-bond donors (Lipinski definition) is 1. The summed E-state index contributed by atoms with van der Waals surface area (Å²) < 4.78 is 5.40. The molecule has 1 aliphatic rings. The van der Waals surface area contributed by atoms with Crippen molar-refractivity contribution >= 4 is 11.3 Å². The minimum absolute atomic E-state index is 0.618. The summed E-state index contributed by atoms with van der Waals surface area (Å²) in [5, 5.41) is 10.3. The van der Waals surface area contributed by atoms with Gasteiger partial charge in [0, 0.05) is 12.0 Å². The van der Waals surface area contributed by atoms with E-state index in [1.165, 1.54) is 11.1 Å². The van der Waals surface area contributed by atoms with Crippen molar-refractivity contribution in [2.24, 2.45) is 5.73 Å². The Labute approximate surface area is 103 Å². The van der Waals surface area contributed by atoms with Gasteiger partial charge in [-0.2, -0.15) is 0 Å². The molecule has 88 valence electrons. The quantitative estimate of drug-likeness (QED) is 0.897. The molecule has 0 radical (unpaired) electrons. The normalized spacial score (nSPS) is 13.9. The highest BCUT2D eigenvalue weighted by Gasteiger charge is 2.13. The van der Waals surface area contributed by atoms with Crippen molar-refractivity contribution in [1.82, 2.24) is 10.2 Å². The molecule has 0 aliphatic carbocycles. The summed E-state index contributed by atoms with van der Waals surface area (Å²) >= 11 is 1.61. The van der Waals surface area contributed by atoms with E-state index in [-0.39, 0.29) is 0 Å². The molecule has 4 nitrogen and oxygen atoms in total. The maximum absolute atomic E-state index is 5.50. The Kier molecular flexibility index (Phi) is 2.88. The Morgan fingerprint density at radius 3 is 3.00 bits per heavy atom. The Hall–Kier alpha value is -1.30. The highest BCUT2D eigenvalue weighted by molar-refractivity contribution is 7.14. The van der Waals surface area contributed by atoms with Crippen molar-refractivity contribution in [1.29, 1.82) is 0 Å². The van der Waals surface area contributed by atoms with E-state index in [4.69, 9.17) is 10.5 Å². The molecule has 1 aliphatic heterocycles. The van der Waals surface area contributed by atoms with Gasteiger partial charge in [-0.25, -0.2) is 0 Å². The van der Waals surface area contributed by atoms with E-state index >= 15 is 0 Å². The Morgan fingerprint density at radius 2 is 2.12 bits per heavy atom. The molecule has 0 spiro atoms. The van der Waals surface area contributed by atoms with Crippen LogP contribution in [-0.2, 0) is 24.4 Å². The lowest BCUT2D eigenvalue weighted by atomic mass is 10.1. The van der Waals surface area contributed by atoms with Gasteiger partial charge >= 0.3 is 0 Å². The first-order chi connectivity index (χ1) is 8.36. The van der Waals surface area contributed by atoms with E-state index in [1.54, 1.807) is 11.3 Å². The van der Waals surface area contributed by atoms with Crippen LogP contribution in [0.15, 0.2) is 18.2 Å². The molecule has 0 fully saturated rings. The van der Waals surface area contributed by atoms with Crippen molar-refractivity contribution in [3.63, 3.8) is 0 Å². The lowest BCUT2D eigenvalue weighted by Crippen LogP contribution is -2.01. The van der Waals surface area contributed by atoms with Crippen molar-refractivity contribution < 1.29 is 4.74 Å². The van der Waals surface area contributed by atoms with Crippen molar-refractivity contribution in [3.8, 4) is 10.6 Å². The standard InChI is InChI=1S/C12H13N3OS/c13-4-3-11-14-15-12(17-11)8-1-2-9-6-16-7-10(9)5-8/h1-2,5H,3-4,6-7,13H2. The highest BCUT2D eigenvalue weighted by Crippen LogP contribution is 2.28. The molecular formula is C12H13N3OS. The number of ether oxygens (including phenoxy) is 1. The molecule has 2 aromatic rings. The predicted molar refractivity (Wildman–Crippen MR) is 66.6 cm³/mol. The molecule has 17 heavy (non-hydrogen) atoms.